The van der Waals surface area contributed by atoms with E-state index >= 15 is 0 Å². The topological polar surface area (TPSA) is 109 Å². The van der Waals surface area contributed by atoms with Gasteiger partial charge in [0.1, 0.15) is 5.60 Å². The Bertz CT molecular complexity index is 470. The molecule has 1 heterocycles. The molecule has 0 aliphatic carbocycles. The van der Waals surface area contributed by atoms with E-state index in [4.69, 9.17) is 9.47 Å². The van der Waals surface area contributed by atoms with Crippen LogP contribution in [0.25, 0.3) is 0 Å². The van der Waals surface area contributed by atoms with Gasteiger partial charge < -0.3 is 20.1 Å². The van der Waals surface area contributed by atoms with E-state index in [-0.39, 0.29) is 12.5 Å². The van der Waals surface area contributed by atoms with Gasteiger partial charge >= 0.3 is 12.1 Å². The summed E-state index contributed by atoms with van der Waals surface area (Å²) in [7, 11) is 1.54. The number of carbonyl (C=O) groups is 3. The van der Waals surface area contributed by atoms with Gasteiger partial charge in [0.25, 0.3) is 0 Å². The molecule has 0 spiro atoms. The van der Waals surface area contributed by atoms with Crippen molar-refractivity contribution in [3.8, 4) is 0 Å². The van der Waals surface area contributed by atoms with E-state index in [9.17, 15) is 14.4 Å². The van der Waals surface area contributed by atoms with Crippen molar-refractivity contribution in [2.24, 2.45) is 5.92 Å². The van der Waals surface area contributed by atoms with Gasteiger partial charge in [-0.1, -0.05) is 0 Å². The van der Waals surface area contributed by atoms with Gasteiger partial charge in [0.05, 0.1) is 13.2 Å². The third-order valence-corrected chi connectivity index (χ3v) is 3.85. The highest BCUT2D eigenvalue weighted by Gasteiger charge is 2.23. The Hall–Kier alpha value is -1.87. The number of piperidine rings is 1. The molecule has 1 aliphatic rings. The predicted octanol–water partition coefficient (Wildman–Crippen LogP) is 0.695. The molecular formula is C17H32N4O5. The van der Waals surface area contributed by atoms with Crippen LogP contribution < -0.4 is 16.0 Å². The van der Waals surface area contributed by atoms with Gasteiger partial charge in [-0.05, 0) is 52.6 Å². The van der Waals surface area contributed by atoms with E-state index in [0.717, 1.165) is 25.9 Å². The van der Waals surface area contributed by atoms with E-state index in [1.807, 2.05) is 25.7 Å². The van der Waals surface area contributed by atoms with E-state index in [1.165, 1.54) is 7.11 Å². The highest BCUT2D eigenvalue weighted by molar-refractivity contribution is 5.95. The number of ether oxygens (including phenoxy) is 2. The Labute approximate surface area is 155 Å². The molecule has 0 atom stereocenters. The second-order valence-corrected chi connectivity index (χ2v) is 7.40. The van der Waals surface area contributed by atoms with E-state index in [2.05, 4.69) is 16.0 Å². The molecule has 0 unspecified atom stereocenters. The lowest BCUT2D eigenvalue weighted by Gasteiger charge is -2.31. The largest absolute Gasteiger partial charge is 0.444 e. The first-order valence-corrected chi connectivity index (χ1v) is 8.95. The zero-order valence-corrected chi connectivity index (χ0v) is 16.2. The molecule has 1 fully saturated rings. The summed E-state index contributed by atoms with van der Waals surface area (Å²) in [6.07, 6.45) is 1.35. The van der Waals surface area contributed by atoms with Crippen LogP contribution in [0.1, 0.15) is 33.6 Å². The molecule has 9 heteroatoms. The SMILES string of the molecule is COCCNC(=O)NC(=O)CN1CCC(CNC(=O)OC(C)(C)C)CC1. The minimum absolute atomic E-state index is 0.184. The highest BCUT2D eigenvalue weighted by atomic mass is 16.6. The average Bonchev–Trinajstić information content (AvgIpc) is 2.52. The Kier molecular flexibility index (Phi) is 9.36. The summed E-state index contributed by atoms with van der Waals surface area (Å²) in [4.78, 5) is 37.0. The van der Waals surface area contributed by atoms with Gasteiger partial charge in [-0.3, -0.25) is 15.0 Å². The second kappa shape index (κ2) is 11.0. The van der Waals surface area contributed by atoms with Crippen LogP contribution in [0.3, 0.4) is 0 Å². The lowest BCUT2D eigenvalue weighted by atomic mass is 9.97. The van der Waals surface area contributed by atoms with Crippen LogP contribution in [-0.2, 0) is 14.3 Å². The van der Waals surface area contributed by atoms with Crippen LogP contribution in [0, 0.1) is 5.92 Å². The van der Waals surface area contributed by atoms with Crippen molar-refractivity contribution in [2.75, 3.05) is 46.4 Å². The number of alkyl carbamates (subject to hydrolysis) is 1. The molecule has 1 aliphatic heterocycles. The minimum Gasteiger partial charge on any atom is -0.444 e. The Morgan fingerprint density at radius 1 is 1.12 bits per heavy atom. The van der Waals surface area contributed by atoms with Crippen molar-refractivity contribution in [1.82, 2.24) is 20.9 Å². The number of hydrogen-bond donors (Lipinski definition) is 3. The fourth-order valence-electron chi connectivity index (χ4n) is 2.57. The fourth-order valence-corrected chi connectivity index (χ4v) is 2.57. The minimum atomic E-state index is -0.511. The summed E-state index contributed by atoms with van der Waals surface area (Å²) < 4.78 is 10.0. The van der Waals surface area contributed by atoms with Crippen LogP contribution in [0.2, 0.25) is 0 Å². The van der Waals surface area contributed by atoms with Crippen molar-refractivity contribution >= 4 is 18.0 Å². The zero-order valence-electron chi connectivity index (χ0n) is 16.2. The summed E-state index contributed by atoms with van der Waals surface area (Å²) in [6.45, 7) is 8.48. The number of imide groups is 1. The molecule has 0 aromatic heterocycles. The molecule has 4 amide bonds. The quantitative estimate of drug-likeness (QED) is 0.568. The van der Waals surface area contributed by atoms with Crippen molar-refractivity contribution in [1.29, 1.82) is 0 Å². The van der Waals surface area contributed by atoms with Gasteiger partial charge in [0.15, 0.2) is 0 Å². The molecule has 0 saturated carbocycles. The Balaban J connectivity index is 2.18. The second-order valence-electron chi connectivity index (χ2n) is 7.40. The summed E-state index contributed by atoms with van der Waals surface area (Å²) in [5, 5.41) is 7.63. The van der Waals surface area contributed by atoms with E-state index < -0.39 is 17.7 Å². The third kappa shape index (κ3) is 10.2. The maximum absolute atomic E-state index is 11.9. The predicted molar refractivity (Wildman–Crippen MR) is 96.8 cm³/mol. The van der Waals surface area contributed by atoms with Gasteiger partial charge in [-0.15, -0.1) is 0 Å². The van der Waals surface area contributed by atoms with Crippen LogP contribution in [0.4, 0.5) is 9.59 Å². The number of nitrogens with zero attached hydrogens (tertiary/aromatic N) is 1. The fraction of sp³-hybridized carbons (Fsp3) is 0.824. The molecule has 26 heavy (non-hydrogen) atoms. The van der Waals surface area contributed by atoms with Crippen molar-refractivity contribution in [3.63, 3.8) is 0 Å². The molecule has 0 aromatic rings. The summed E-state index contributed by atoms with van der Waals surface area (Å²) in [6, 6.07) is -0.511. The number of methoxy groups -OCH3 is 1. The Morgan fingerprint density at radius 2 is 1.77 bits per heavy atom. The van der Waals surface area contributed by atoms with Crippen molar-refractivity contribution in [2.45, 2.75) is 39.2 Å². The molecule has 0 radical (unpaired) electrons. The highest BCUT2D eigenvalue weighted by Crippen LogP contribution is 2.16. The maximum atomic E-state index is 11.9. The number of urea groups is 1. The Morgan fingerprint density at radius 3 is 2.35 bits per heavy atom. The number of amides is 4. The normalized spacial score (nSPS) is 16.0. The molecule has 9 nitrogen and oxygen atoms in total. The number of carbonyl (C=O) groups excluding carboxylic acids is 3. The first-order chi connectivity index (χ1) is 12.2. The number of hydrogen-bond acceptors (Lipinski definition) is 6. The maximum Gasteiger partial charge on any atom is 0.407 e. The number of nitrogens with one attached hydrogen (secondary N) is 3. The van der Waals surface area contributed by atoms with Crippen molar-refractivity contribution in [3.05, 3.63) is 0 Å². The molecule has 1 saturated heterocycles. The standard InChI is InChI=1S/C17H32N4O5/c1-17(2,3)26-16(24)19-11-13-5-8-21(9-6-13)12-14(22)20-15(23)18-7-10-25-4/h13H,5-12H2,1-4H3,(H,19,24)(H2,18,20,22,23). The summed E-state index contributed by atoms with van der Waals surface area (Å²) in [5.41, 5.74) is -0.503. The molecule has 150 valence electrons. The first-order valence-electron chi connectivity index (χ1n) is 8.95. The molecule has 0 bridgehead atoms. The van der Waals surface area contributed by atoms with Gasteiger partial charge in [-0.25, -0.2) is 9.59 Å². The van der Waals surface area contributed by atoms with Crippen molar-refractivity contribution < 1.29 is 23.9 Å². The van der Waals surface area contributed by atoms with Crippen LogP contribution in [0.15, 0.2) is 0 Å². The van der Waals surface area contributed by atoms with Crippen LogP contribution in [-0.4, -0.2) is 75.0 Å². The average molecular weight is 372 g/mol. The van der Waals surface area contributed by atoms with Gasteiger partial charge in [0.2, 0.25) is 5.91 Å². The molecule has 0 aromatic carbocycles. The summed E-state index contributed by atoms with van der Waals surface area (Å²) >= 11 is 0. The van der Waals surface area contributed by atoms with Gasteiger partial charge in [0, 0.05) is 20.2 Å². The first kappa shape index (κ1) is 22.2. The number of rotatable bonds is 7. The third-order valence-electron chi connectivity index (χ3n) is 3.85. The molecule has 3 N–H and O–H groups in total. The monoisotopic (exact) mass is 372 g/mol. The summed E-state index contributed by atoms with van der Waals surface area (Å²) in [5.74, 6) is 0.0319. The number of likely N-dealkylation sites (tertiary alicyclic amines) is 1. The lowest BCUT2D eigenvalue weighted by molar-refractivity contribution is -0.121. The van der Waals surface area contributed by atoms with E-state index in [0.29, 0.717) is 25.6 Å². The molecular weight excluding hydrogens is 340 g/mol. The lowest BCUT2D eigenvalue weighted by Crippen LogP contribution is -2.47. The zero-order chi connectivity index (χ0) is 19.6. The van der Waals surface area contributed by atoms with Crippen LogP contribution in [0.5, 0.6) is 0 Å². The smallest absolute Gasteiger partial charge is 0.407 e. The van der Waals surface area contributed by atoms with Gasteiger partial charge in [-0.2, -0.15) is 0 Å². The molecule has 1 rings (SSSR count). The van der Waals surface area contributed by atoms with E-state index in [1.54, 1.807) is 0 Å². The van der Waals surface area contributed by atoms with Crippen LogP contribution >= 0.6 is 0 Å².